The van der Waals surface area contributed by atoms with Crippen molar-refractivity contribution >= 4 is 17.3 Å². The van der Waals surface area contributed by atoms with Crippen LogP contribution < -0.4 is 5.32 Å². The molecule has 0 amide bonds. The van der Waals surface area contributed by atoms with Gasteiger partial charge in [0.1, 0.15) is 0 Å². The molecule has 0 bridgehead atoms. The van der Waals surface area contributed by atoms with Gasteiger partial charge in [-0.2, -0.15) is 5.10 Å². The summed E-state index contributed by atoms with van der Waals surface area (Å²) in [5.74, 6) is 0. The predicted octanol–water partition coefficient (Wildman–Crippen LogP) is 3.53. The number of benzene rings is 1. The summed E-state index contributed by atoms with van der Waals surface area (Å²) in [4.78, 5) is 4.01. The van der Waals surface area contributed by atoms with Crippen molar-refractivity contribution in [1.82, 2.24) is 14.8 Å². The first-order valence-corrected chi connectivity index (χ1v) is 6.63. The number of nitrogens with one attached hydrogen (secondary N) is 1. The van der Waals surface area contributed by atoms with Crippen LogP contribution in [0.3, 0.4) is 0 Å². The smallest absolute Gasteiger partial charge is 0.0877 e. The second-order valence-electron chi connectivity index (χ2n) is 4.32. The standard InChI is InChI=1S/C15H13ClN4/c16-13-2-3-15(20-9-1-6-19-20)14(10-13)18-11-12-4-7-17-8-5-12/h1-10,18H,11H2. The summed E-state index contributed by atoms with van der Waals surface area (Å²) in [6.45, 7) is 0.705. The van der Waals surface area contributed by atoms with Crippen molar-refractivity contribution in [3.05, 3.63) is 71.8 Å². The average molecular weight is 285 g/mol. The third kappa shape index (κ3) is 2.81. The lowest BCUT2D eigenvalue weighted by Gasteiger charge is -2.12. The second kappa shape index (κ2) is 5.75. The van der Waals surface area contributed by atoms with Crippen molar-refractivity contribution in [2.24, 2.45) is 0 Å². The molecule has 100 valence electrons. The Bertz CT molecular complexity index is 680. The van der Waals surface area contributed by atoms with E-state index in [0.29, 0.717) is 11.6 Å². The van der Waals surface area contributed by atoms with Gasteiger partial charge in [0.25, 0.3) is 0 Å². The lowest BCUT2D eigenvalue weighted by Crippen LogP contribution is -2.05. The zero-order chi connectivity index (χ0) is 13.8. The first-order valence-electron chi connectivity index (χ1n) is 6.25. The molecule has 0 fully saturated rings. The topological polar surface area (TPSA) is 42.7 Å². The van der Waals surface area contributed by atoms with E-state index in [9.17, 15) is 0 Å². The number of rotatable bonds is 4. The van der Waals surface area contributed by atoms with Crippen molar-refractivity contribution < 1.29 is 0 Å². The van der Waals surface area contributed by atoms with E-state index in [4.69, 9.17) is 11.6 Å². The maximum absolute atomic E-state index is 6.08. The lowest BCUT2D eigenvalue weighted by molar-refractivity contribution is 0.879. The van der Waals surface area contributed by atoms with Crippen LogP contribution in [-0.2, 0) is 6.54 Å². The Hall–Kier alpha value is -2.33. The summed E-state index contributed by atoms with van der Waals surface area (Å²) in [5.41, 5.74) is 3.07. The van der Waals surface area contributed by atoms with Crippen molar-refractivity contribution in [2.45, 2.75) is 6.54 Å². The van der Waals surface area contributed by atoms with E-state index in [-0.39, 0.29) is 0 Å². The molecule has 0 aliphatic carbocycles. The highest BCUT2D eigenvalue weighted by molar-refractivity contribution is 6.31. The fourth-order valence-corrected chi connectivity index (χ4v) is 2.13. The van der Waals surface area contributed by atoms with Crippen LogP contribution in [0.15, 0.2) is 61.2 Å². The van der Waals surface area contributed by atoms with E-state index in [1.165, 1.54) is 0 Å². The Morgan fingerprint density at radius 2 is 1.95 bits per heavy atom. The van der Waals surface area contributed by atoms with Crippen molar-refractivity contribution in [3.63, 3.8) is 0 Å². The van der Waals surface area contributed by atoms with Crippen LogP contribution in [0.25, 0.3) is 5.69 Å². The maximum Gasteiger partial charge on any atom is 0.0877 e. The Labute approximate surface area is 122 Å². The van der Waals surface area contributed by atoms with E-state index in [0.717, 1.165) is 16.9 Å². The molecule has 20 heavy (non-hydrogen) atoms. The van der Waals surface area contributed by atoms with Crippen LogP contribution in [0, 0.1) is 0 Å². The molecule has 0 unspecified atom stereocenters. The molecule has 0 saturated heterocycles. The van der Waals surface area contributed by atoms with Gasteiger partial charge in [0.05, 0.1) is 11.4 Å². The predicted molar refractivity (Wildman–Crippen MR) is 80.1 cm³/mol. The van der Waals surface area contributed by atoms with Crippen LogP contribution in [-0.4, -0.2) is 14.8 Å². The molecular formula is C15H13ClN4. The fraction of sp³-hybridized carbons (Fsp3) is 0.0667. The molecule has 5 heteroatoms. The van der Waals surface area contributed by atoms with E-state index in [2.05, 4.69) is 15.4 Å². The summed E-state index contributed by atoms with van der Waals surface area (Å²) < 4.78 is 1.81. The van der Waals surface area contributed by atoms with Gasteiger partial charge < -0.3 is 5.32 Å². The van der Waals surface area contributed by atoms with Gasteiger partial charge in [-0.15, -0.1) is 0 Å². The van der Waals surface area contributed by atoms with Crippen molar-refractivity contribution in [2.75, 3.05) is 5.32 Å². The molecule has 1 N–H and O–H groups in total. The largest absolute Gasteiger partial charge is 0.379 e. The molecule has 0 atom stereocenters. The second-order valence-corrected chi connectivity index (χ2v) is 4.76. The van der Waals surface area contributed by atoms with Crippen LogP contribution >= 0.6 is 11.6 Å². The highest BCUT2D eigenvalue weighted by atomic mass is 35.5. The third-order valence-electron chi connectivity index (χ3n) is 2.94. The molecule has 0 radical (unpaired) electrons. The summed E-state index contributed by atoms with van der Waals surface area (Å²) >= 11 is 6.08. The number of aromatic nitrogens is 3. The van der Waals surface area contributed by atoms with Gasteiger partial charge in [-0.25, -0.2) is 4.68 Å². The minimum absolute atomic E-state index is 0.693. The minimum atomic E-state index is 0.693. The van der Waals surface area contributed by atoms with Crippen molar-refractivity contribution in [3.8, 4) is 5.69 Å². The number of pyridine rings is 1. The number of hydrogen-bond donors (Lipinski definition) is 1. The van der Waals surface area contributed by atoms with E-state index < -0.39 is 0 Å². The number of halogens is 1. The Balaban J connectivity index is 1.87. The van der Waals surface area contributed by atoms with Crippen LogP contribution in [0.5, 0.6) is 0 Å². The monoisotopic (exact) mass is 284 g/mol. The fourth-order valence-electron chi connectivity index (χ4n) is 1.96. The number of anilines is 1. The Kier molecular flexibility index (Phi) is 3.65. The lowest BCUT2D eigenvalue weighted by atomic mass is 10.2. The molecule has 4 nitrogen and oxygen atoms in total. The minimum Gasteiger partial charge on any atom is -0.379 e. The molecule has 0 aliphatic rings. The van der Waals surface area contributed by atoms with Crippen molar-refractivity contribution in [1.29, 1.82) is 0 Å². The number of nitrogens with zero attached hydrogens (tertiary/aromatic N) is 3. The molecule has 0 spiro atoms. The summed E-state index contributed by atoms with van der Waals surface area (Å²) in [6.07, 6.45) is 7.22. The van der Waals surface area contributed by atoms with Gasteiger partial charge in [0.15, 0.2) is 0 Å². The molecule has 2 aromatic heterocycles. The van der Waals surface area contributed by atoms with Gasteiger partial charge in [0.2, 0.25) is 0 Å². The molecular weight excluding hydrogens is 272 g/mol. The normalized spacial score (nSPS) is 10.4. The van der Waals surface area contributed by atoms with Gasteiger partial charge >= 0.3 is 0 Å². The van der Waals surface area contributed by atoms with Gasteiger partial charge in [-0.3, -0.25) is 4.98 Å². The summed E-state index contributed by atoms with van der Waals surface area (Å²) in [5, 5.41) is 8.33. The van der Waals surface area contributed by atoms with E-state index in [1.807, 2.05) is 47.3 Å². The maximum atomic E-state index is 6.08. The average Bonchev–Trinajstić information content (AvgIpc) is 3.00. The van der Waals surface area contributed by atoms with E-state index >= 15 is 0 Å². The number of hydrogen-bond acceptors (Lipinski definition) is 3. The van der Waals surface area contributed by atoms with Crippen LogP contribution in [0.2, 0.25) is 5.02 Å². The third-order valence-corrected chi connectivity index (χ3v) is 3.18. The first-order chi connectivity index (χ1) is 9.83. The highest BCUT2D eigenvalue weighted by Crippen LogP contribution is 2.24. The quantitative estimate of drug-likeness (QED) is 0.797. The van der Waals surface area contributed by atoms with Gasteiger partial charge in [-0.05, 0) is 42.0 Å². The SMILES string of the molecule is Clc1ccc(-n2cccn2)c(NCc2ccncc2)c1. The molecule has 3 rings (SSSR count). The Morgan fingerprint density at radius 3 is 2.70 bits per heavy atom. The van der Waals surface area contributed by atoms with Crippen LogP contribution in [0.1, 0.15) is 5.56 Å². The summed E-state index contributed by atoms with van der Waals surface area (Å²) in [7, 11) is 0. The molecule has 3 aromatic rings. The summed E-state index contributed by atoms with van der Waals surface area (Å²) in [6, 6.07) is 11.6. The zero-order valence-corrected chi connectivity index (χ0v) is 11.5. The Morgan fingerprint density at radius 1 is 1.10 bits per heavy atom. The molecule has 2 heterocycles. The van der Waals surface area contributed by atoms with Crippen LogP contribution in [0.4, 0.5) is 5.69 Å². The molecule has 1 aromatic carbocycles. The zero-order valence-electron chi connectivity index (χ0n) is 10.7. The molecule has 0 saturated carbocycles. The highest BCUT2D eigenvalue weighted by Gasteiger charge is 2.05. The molecule has 0 aliphatic heterocycles. The first kappa shape index (κ1) is 12.7. The van der Waals surface area contributed by atoms with Gasteiger partial charge in [-0.1, -0.05) is 11.6 Å². The van der Waals surface area contributed by atoms with E-state index in [1.54, 1.807) is 18.6 Å². The van der Waals surface area contributed by atoms with Gasteiger partial charge in [0, 0.05) is 36.4 Å².